The van der Waals surface area contributed by atoms with E-state index in [0.717, 1.165) is 63.2 Å². The van der Waals surface area contributed by atoms with Gasteiger partial charge in [-0.25, -0.2) is 0 Å². The van der Waals surface area contributed by atoms with Crippen LogP contribution >= 0.6 is 0 Å². The number of rotatable bonds is 4. The summed E-state index contributed by atoms with van der Waals surface area (Å²) in [6.07, 6.45) is 13.1. The Labute approximate surface area is 159 Å². The van der Waals surface area contributed by atoms with E-state index in [9.17, 15) is 9.59 Å². The molecule has 3 saturated carbocycles. The van der Waals surface area contributed by atoms with E-state index in [1.165, 1.54) is 25.7 Å². The van der Waals surface area contributed by atoms with Gasteiger partial charge in [0.05, 0.1) is 0 Å². The minimum absolute atomic E-state index is 0.127. The fourth-order valence-electron chi connectivity index (χ4n) is 5.12. The third kappa shape index (κ3) is 5.23. The molecule has 0 aromatic heterocycles. The fraction of sp³-hybridized carbons (Fsp3) is 0.909. The minimum Gasteiger partial charge on any atom is -0.351 e. The van der Waals surface area contributed by atoms with Crippen molar-refractivity contribution in [1.29, 1.82) is 0 Å². The first-order valence-corrected chi connectivity index (χ1v) is 11.1. The summed E-state index contributed by atoms with van der Waals surface area (Å²) in [5, 5.41) is 6.63. The highest BCUT2D eigenvalue weighted by Gasteiger charge is 2.33. The van der Waals surface area contributed by atoms with Gasteiger partial charge in [0.1, 0.15) is 0 Å². The number of carbonyl (C=O) groups excluding carboxylic acids is 2. The zero-order valence-corrected chi connectivity index (χ0v) is 16.8. The molecule has 2 atom stereocenters. The summed E-state index contributed by atoms with van der Waals surface area (Å²) in [6.45, 7) is 4.57. The lowest BCUT2D eigenvalue weighted by Gasteiger charge is -2.36. The molecular weight excluding hydrogens is 324 g/mol. The molecule has 0 spiro atoms. The van der Waals surface area contributed by atoms with Crippen LogP contribution in [0.1, 0.15) is 90.9 Å². The van der Waals surface area contributed by atoms with Crippen LogP contribution in [0.15, 0.2) is 0 Å². The predicted molar refractivity (Wildman–Crippen MR) is 105 cm³/mol. The lowest BCUT2D eigenvalue weighted by atomic mass is 9.81. The Balaban J connectivity index is 1.50. The second-order valence-corrected chi connectivity index (χ2v) is 9.43. The van der Waals surface area contributed by atoms with Crippen LogP contribution in [0.3, 0.4) is 0 Å². The van der Waals surface area contributed by atoms with E-state index < -0.39 is 0 Å². The highest BCUT2D eigenvalue weighted by Crippen LogP contribution is 2.30. The van der Waals surface area contributed by atoms with Crippen LogP contribution in [-0.4, -0.2) is 23.9 Å². The summed E-state index contributed by atoms with van der Waals surface area (Å²) in [6, 6.07) is 0.254. The van der Waals surface area contributed by atoms with Crippen molar-refractivity contribution in [2.24, 2.45) is 23.7 Å². The molecule has 3 aliphatic rings. The average Bonchev–Trinajstić information content (AvgIpc) is 2.64. The molecule has 0 radical (unpaired) electrons. The van der Waals surface area contributed by atoms with Crippen molar-refractivity contribution in [3.63, 3.8) is 0 Å². The molecule has 0 bridgehead atoms. The third-order valence-electron chi connectivity index (χ3n) is 7.19. The van der Waals surface area contributed by atoms with Gasteiger partial charge in [-0.15, -0.1) is 0 Å². The third-order valence-corrected chi connectivity index (χ3v) is 7.19. The van der Waals surface area contributed by atoms with Gasteiger partial charge >= 0.3 is 0 Å². The van der Waals surface area contributed by atoms with Crippen molar-refractivity contribution < 1.29 is 9.59 Å². The SMILES string of the molecule is CC1CCC(C(=O)NC2CCCCC2NC(=O)C2CCC(C)CC2)CC1. The van der Waals surface area contributed by atoms with E-state index in [1.807, 2.05) is 0 Å². The molecule has 0 aliphatic heterocycles. The molecule has 2 amide bonds. The van der Waals surface area contributed by atoms with Crippen LogP contribution in [0.5, 0.6) is 0 Å². The van der Waals surface area contributed by atoms with Gasteiger partial charge in [0.15, 0.2) is 0 Å². The van der Waals surface area contributed by atoms with E-state index in [0.29, 0.717) is 0 Å². The van der Waals surface area contributed by atoms with Crippen LogP contribution < -0.4 is 10.6 Å². The lowest BCUT2D eigenvalue weighted by Crippen LogP contribution is -2.55. The van der Waals surface area contributed by atoms with E-state index in [-0.39, 0.29) is 35.7 Å². The highest BCUT2D eigenvalue weighted by atomic mass is 16.2. The largest absolute Gasteiger partial charge is 0.351 e. The molecule has 0 aromatic rings. The van der Waals surface area contributed by atoms with Crippen molar-refractivity contribution in [2.45, 2.75) is 103 Å². The van der Waals surface area contributed by atoms with E-state index >= 15 is 0 Å². The van der Waals surface area contributed by atoms with E-state index in [4.69, 9.17) is 0 Å². The van der Waals surface area contributed by atoms with Crippen LogP contribution in [0, 0.1) is 23.7 Å². The predicted octanol–water partition coefficient (Wildman–Crippen LogP) is 4.18. The van der Waals surface area contributed by atoms with Crippen molar-refractivity contribution in [3.8, 4) is 0 Å². The van der Waals surface area contributed by atoms with Gasteiger partial charge in [0, 0.05) is 23.9 Å². The standard InChI is InChI=1S/C22H38N2O2/c1-15-7-11-17(12-8-15)21(25)23-19-5-3-4-6-20(19)24-22(26)18-13-9-16(2)10-14-18/h15-20H,3-14H2,1-2H3,(H,23,25)(H,24,26). The van der Waals surface area contributed by atoms with Crippen LogP contribution in [0.25, 0.3) is 0 Å². The molecule has 3 aliphatic carbocycles. The molecule has 0 saturated heterocycles. The number of hydrogen-bond acceptors (Lipinski definition) is 2. The van der Waals surface area contributed by atoms with Crippen molar-refractivity contribution in [2.75, 3.05) is 0 Å². The van der Waals surface area contributed by atoms with Crippen molar-refractivity contribution >= 4 is 11.8 Å². The fourth-order valence-corrected chi connectivity index (χ4v) is 5.12. The molecule has 2 unspecified atom stereocenters. The number of amides is 2. The smallest absolute Gasteiger partial charge is 0.223 e. The zero-order chi connectivity index (χ0) is 18.5. The maximum atomic E-state index is 12.7. The lowest BCUT2D eigenvalue weighted by molar-refractivity contribution is -0.130. The Morgan fingerprint density at radius 3 is 1.27 bits per heavy atom. The summed E-state index contributed by atoms with van der Waals surface area (Å²) >= 11 is 0. The van der Waals surface area contributed by atoms with E-state index in [1.54, 1.807) is 0 Å². The van der Waals surface area contributed by atoms with Gasteiger partial charge in [0.2, 0.25) is 11.8 Å². The van der Waals surface area contributed by atoms with Gasteiger partial charge in [-0.05, 0) is 76.0 Å². The number of hydrogen-bond donors (Lipinski definition) is 2. The van der Waals surface area contributed by atoms with Crippen molar-refractivity contribution in [3.05, 3.63) is 0 Å². The molecule has 26 heavy (non-hydrogen) atoms. The summed E-state index contributed by atoms with van der Waals surface area (Å²) in [5.41, 5.74) is 0. The Morgan fingerprint density at radius 2 is 0.923 bits per heavy atom. The molecular formula is C22H38N2O2. The van der Waals surface area contributed by atoms with Gasteiger partial charge < -0.3 is 10.6 Å². The summed E-state index contributed by atoms with van der Waals surface area (Å²) in [5.74, 6) is 2.36. The maximum Gasteiger partial charge on any atom is 0.223 e. The molecule has 4 nitrogen and oxygen atoms in total. The van der Waals surface area contributed by atoms with Crippen molar-refractivity contribution in [1.82, 2.24) is 10.6 Å². The normalized spacial score (nSPS) is 38.4. The van der Waals surface area contributed by atoms with Crippen LogP contribution in [0.2, 0.25) is 0 Å². The molecule has 3 rings (SSSR count). The molecule has 2 N–H and O–H groups in total. The molecule has 0 aromatic carbocycles. The average molecular weight is 363 g/mol. The summed E-state index contributed by atoms with van der Waals surface area (Å²) in [4.78, 5) is 25.4. The Hall–Kier alpha value is -1.06. The first kappa shape index (κ1) is 19.7. The topological polar surface area (TPSA) is 58.2 Å². The molecule has 3 fully saturated rings. The Morgan fingerprint density at radius 1 is 0.577 bits per heavy atom. The summed E-state index contributed by atoms with van der Waals surface area (Å²) < 4.78 is 0. The van der Waals surface area contributed by atoms with Crippen LogP contribution in [-0.2, 0) is 9.59 Å². The first-order chi connectivity index (χ1) is 12.5. The number of carbonyl (C=O) groups is 2. The second kappa shape index (κ2) is 9.23. The monoisotopic (exact) mass is 362 g/mol. The highest BCUT2D eigenvalue weighted by molar-refractivity contribution is 5.80. The van der Waals surface area contributed by atoms with Crippen LogP contribution in [0.4, 0.5) is 0 Å². The minimum atomic E-state index is 0.127. The first-order valence-electron chi connectivity index (χ1n) is 11.1. The van der Waals surface area contributed by atoms with Gasteiger partial charge in [-0.1, -0.05) is 26.7 Å². The number of nitrogens with one attached hydrogen (secondary N) is 2. The van der Waals surface area contributed by atoms with Gasteiger partial charge in [-0.3, -0.25) is 9.59 Å². The Bertz CT molecular complexity index is 433. The second-order valence-electron chi connectivity index (χ2n) is 9.43. The van der Waals surface area contributed by atoms with E-state index in [2.05, 4.69) is 24.5 Å². The maximum absolute atomic E-state index is 12.7. The molecule has 148 valence electrons. The molecule has 0 heterocycles. The Kier molecular flexibility index (Phi) is 6.99. The van der Waals surface area contributed by atoms with Gasteiger partial charge in [0.25, 0.3) is 0 Å². The summed E-state index contributed by atoms with van der Waals surface area (Å²) in [7, 11) is 0. The zero-order valence-electron chi connectivity index (χ0n) is 16.8. The quantitative estimate of drug-likeness (QED) is 0.788. The van der Waals surface area contributed by atoms with Gasteiger partial charge in [-0.2, -0.15) is 0 Å². The molecule has 4 heteroatoms.